The Labute approximate surface area is 217 Å². The largest absolute Gasteiger partial charge is 0.444 e. The van der Waals surface area contributed by atoms with E-state index in [2.05, 4.69) is 10.6 Å². The Bertz CT molecular complexity index is 695. The number of halogens is 2. The molecule has 4 amide bonds. The van der Waals surface area contributed by atoms with Crippen molar-refractivity contribution in [3.8, 4) is 0 Å². The molecule has 2 atom stereocenters. The molecule has 37 heavy (non-hydrogen) atoms. The number of ether oxygens (including phenoxy) is 1. The second-order valence-electron chi connectivity index (χ2n) is 9.79. The zero-order valence-corrected chi connectivity index (χ0v) is 22.2. The highest BCUT2D eigenvalue weighted by molar-refractivity contribution is 5.86. The molecule has 0 heterocycles. The van der Waals surface area contributed by atoms with Gasteiger partial charge in [0.25, 0.3) is 0 Å². The lowest BCUT2D eigenvalue weighted by atomic mass is 10.1. The van der Waals surface area contributed by atoms with Crippen LogP contribution in [0.25, 0.3) is 0 Å². The van der Waals surface area contributed by atoms with Gasteiger partial charge in [-0.25, -0.2) is 10.6 Å². The van der Waals surface area contributed by atoms with Crippen molar-refractivity contribution in [2.24, 2.45) is 11.6 Å². The lowest BCUT2D eigenvalue weighted by Gasteiger charge is -2.25. The van der Waals surface area contributed by atoms with Crippen molar-refractivity contribution >= 4 is 23.8 Å². The van der Waals surface area contributed by atoms with E-state index in [1.807, 2.05) is 0 Å². The number of nitrogens with one attached hydrogen (secondary N) is 4. The summed E-state index contributed by atoms with van der Waals surface area (Å²) in [5.74, 6) is 4.23. The fourth-order valence-electron chi connectivity index (χ4n) is 3.38. The molecule has 14 heteroatoms. The Morgan fingerprint density at radius 2 is 1.46 bits per heavy atom. The molecule has 12 nitrogen and oxygen atoms in total. The summed E-state index contributed by atoms with van der Waals surface area (Å²) in [5, 5.41) is 6.10. The van der Waals surface area contributed by atoms with E-state index in [0.29, 0.717) is 58.0 Å². The van der Waals surface area contributed by atoms with Gasteiger partial charge in [-0.2, -0.15) is 5.54 Å². The van der Waals surface area contributed by atoms with Gasteiger partial charge in [-0.3, -0.25) is 19.4 Å². The number of nitrogens with zero attached hydrogens (tertiary/aromatic N) is 1. The Morgan fingerprint density at radius 3 is 2.05 bits per heavy atom. The smallest absolute Gasteiger partial charge is 0.407 e. The van der Waals surface area contributed by atoms with Crippen molar-refractivity contribution in [2.75, 3.05) is 19.6 Å². The predicted molar refractivity (Wildman–Crippen MR) is 135 cm³/mol. The molecule has 0 aromatic carbocycles. The number of hydrogen-bond acceptors (Lipinski definition) is 8. The second kappa shape index (κ2) is 19.5. The highest BCUT2D eigenvalue weighted by atomic mass is 19.2. The SMILES string of the molecule is CC(C)(C)OC(=O)NCCCC[C@@H](C(N)=O)N(N)C(=O)CCCCCNC(=O)[C@H](CCCCNF)NF. The zero-order valence-electron chi connectivity index (χ0n) is 22.2. The van der Waals surface area contributed by atoms with Gasteiger partial charge in [0.15, 0.2) is 0 Å². The van der Waals surface area contributed by atoms with E-state index < -0.39 is 41.5 Å². The summed E-state index contributed by atoms with van der Waals surface area (Å²) in [7, 11) is 0. The van der Waals surface area contributed by atoms with Crippen molar-refractivity contribution in [2.45, 2.75) is 103 Å². The number of carbonyl (C=O) groups is 4. The van der Waals surface area contributed by atoms with E-state index in [9.17, 15) is 28.1 Å². The molecule has 0 aliphatic carbocycles. The molecule has 0 bridgehead atoms. The molecule has 0 spiro atoms. The molecule has 0 fully saturated rings. The van der Waals surface area contributed by atoms with Gasteiger partial charge in [-0.1, -0.05) is 6.42 Å². The van der Waals surface area contributed by atoms with Gasteiger partial charge in [0.1, 0.15) is 17.7 Å². The average Bonchev–Trinajstić information content (AvgIpc) is 2.81. The maximum atomic E-state index is 12.8. The number of unbranched alkanes of at least 4 members (excludes halogenated alkanes) is 4. The zero-order chi connectivity index (χ0) is 28.3. The van der Waals surface area contributed by atoms with Crippen LogP contribution in [0.15, 0.2) is 0 Å². The van der Waals surface area contributed by atoms with Crippen LogP contribution < -0.4 is 33.3 Å². The summed E-state index contributed by atoms with van der Waals surface area (Å²) in [4.78, 5) is 47.8. The topological polar surface area (TPSA) is 181 Å². The van der Waals surface area contributed by atoms with Crippen LogP contribution in [0.4, 0.5) is 13.8 Å². The number of rotatable bonds is 20. The second-order valence-corrected chi connectivity index (χ2v) is 9.79. The van der Waals surface area contributed by atoms with Gasteiger partial charge in [0.05, 0.1) is 0 Å². The van der Waals surface area contributed by atoms with E-state index in [0.717, 1.165) is 5.01 Å². The molecule has 0 rings (SSSR count). The molecule has 0 aliphatic rings. The van der Waals surface area contributed by atoms with E-state index in [1.165, 1.54) is 11.1 Å². The maximum absolute atomic E-state index is 12.8. The quantitative estimate of drug-likeness (QED) is 0.0443. The van der Waals surface area contributed by atoms with Crippen LogP contribution in [0, 0.1) is 0 Å². The molecule has 0 unspecified atom stereocenters. The van der Waals surface area contributed by atoms with Gasteiger partial charge in [0.2, 0.25) is 17.7 Å². The molecule has 0 aliphatic heterocycles. The number of hydrazine groups is 1. The standard InChI is InChI=1S/C23H45F2N7O5/c1-23(2,3)37-22(36)29-15-9-7-12-18(20(26)34)32(27)19(33)13-5-4-8-14-28-21(35)17(31-25)11-6-10-16-30-24/h17-18,30-31H,4-16,27H2,1-3H3,(H2,26,34)(H,28,35)(H,29,36)/t17-,18-/m0/s1. The monoisotopic (exact) mass is 537 g/mol. The first kappa shape index (κ1) is 34.4. The van der Waals surface area contributed by atoms with E-state index in [-0.39, 0.29) is 25.8 Å². The molecule has 0 radical (unpaired) electrons. The number of alkyl carbamates (subject to hydrolysis) is 1. The van der Waals surface area contributed by atoms with Crippen molar-refractivity contribution in [3.05, 3.63) is 0 Å². The molecule has 0 saturated heterocycles. The first-order valence-electron chi connectivity index (χ1n) is 12.7. The van der Waals surface area contributed by atoms with E-state index >= 15 is 0 Å². The third-order valence-corrected chi connectivity index (χ3v) is 5.35. The Hall–Kier alpha value is -2.58. The van der Waals surface area contributed by atoms with Crippen molar-refractivity contribution in [1.29, 1.82) is 0 Å². The van der Waals surface area contributed by atoms with Crippen molar-refractivity contribution in [1.82, 2.24) is 26.7 Å². The van der Waals surface area contributed by atoms with Gasteiger partial charge in [0, 0.05) is 26.1 Å². The number of hydrogen-bond donors (Lipinski definition) is 6. The van der Waals surface area contributed by atoms with Crippen LogP contribution in [0.1, 0.15) is 85.0 Å². The highest BCUT2D eigenvalue weighted by Crippen LogP contribution is 2.10. The third-order valence-electron chi connectivity index (χ3n) is 5.35. The third kappa shape index (κ3) is 17.5. The molecule has 0 aromatic heterocycles. The van der Waals surface area contributed by atoms with Crippen LogP contribution in [-0.4, -0.2) is 66.1 Å². The average molecular weight is 538 g/mol. The lowest BCUT2D eigenvalue weighted by molar-refractivity contribution is -0.140. The van der Waals surface area contributed by atoms with Crippen molar-refractivity contribution < 1.29 is 32.9 Å². The molecule has 8 N–H and O–H groups in total. The van der Waals surface area contributed by atoms with E-state index in [4.69, 9.17) is 16.3 Å². The maximum Gasteiger partial charge on any atom is 0.407 e. The van der Waals surface area contributed by atoms with Crippen LogP contribution in [-0.2, 0) is 19.1 Å². The van der Waals surface area contributed by atoms with Crippen LogP contribution in [0.2, 0.25) is 0 Å². The minimum Gasteiger partial charge on any atom is -0.444 e. The number of primary amides is 1. The van der Waals surface area contributed by atoms with Gasteiger partial charge >= 0.3 is 6.09 Å². The summed E-state index contributed by atoms with van der Waals surface area (Å²) >= 11 is 0. The Morgan fingerprint density at radius 1 is 0.865 bits per heavy atom. The summed E-state index contributed by atoms with van der Waals surface area (Å²) in [5.41, 5.74) is 7.78. The summed E-state index contributed by atoms with van der Waals surface area (Å²) < 4.78 is 29.8. The predicted octanol–water partition coefficient (Wildman–Crippen LogP) is 1.40. The molecule has 0 saturated carbocycles. The molecule has 0 aromatic rings. The van der Waals surface area contributed by atoms with Gasteiger partial charge in [-0.15, -0.1) is 14.5 Å². The van der Waals surface area contributed by atoms with Crippen LogP contribution in [0.3, 0.4) is 0 Å². The van der Waals surface area contributed by atoms with Gasteiger partial charge < -0.3 is 21.1 Å². The molecular weight excluding hydrogens is 492 g/mol. The summed E-state index contributed by atoms with van der Waals surface area (Å²) in [6.07, 6.45) is 3.74. The molecular formula is C23H45F2N7O5. The Kier molecular flexibility index (Phi) is 18.2. The highest BCUT2D eigenvalue weighted by Gasteiger charge is 2.25. The van der Waals surface area contributed by atoms with Crippen molar-refractivity contribution in [3.63, 3.8) is 0 Å². The fraction of sp³-hybridized carbons (Fsp3) is 0.826. The number of nitrogens with two attached hydrogens (primary N) is 2. The number of amides is 4. The van der Waals surface area contributed by atoms with E-state index in [1.54, 1.807) is 20.8 Å². The molecule has 216 valence electrons. The first-order valence-corrected chi connectivity index (χ1v) is 12.7. The minimum absolute atomic E-state index is 0.103. The Balaban J connectivity index is 4.17. The normalized spacial score (nSPS) is 12.9. The lowest BCUT2D eigenvalue weighted by Crippen LogP contribution is -2.51. The summed E-state index contributed by atoms with van der Waals surface area (Å²) in [6.45, 7) is 6.08. The number of carbonyl (C=O) groups excluding carboxylic acids is 4. The first-order chi connectivity index (χ1) is 17.4. The van der Waals surface area contributed by atoms with Crippen LogP contribution in [0.5, 0.6) is 0 Å². The minimum atomic E-state index is -0.995. The summed E-state index contributed by atoms with van der Waals surface area (Å²) in [6, 6.07) is -1.95. The van der Waals surface area contributed by atoms with Gasteiger partial charge in [-0.05, 0) is 72.1 Å². The van der Waals surface area contributed by atoms with Crippen LogP contribution >= 0.6 is 0 Å². The fourth-order valence-corrected chi connectivity index (χ4v) is 3.38.